The minimum atomic E-state index is -4.33. The summed E-state index contributed by atoms with van der Waals surface area (Å²) in [5, 5.41) is 5.83. The Balaban J connectivity index is 2.80. The Morgan fingerprint density at radius 2 is 1.75 bits per heavy atom. The Morgan fingerprint density at radius 3 is 2.19 bits per heavy atom. The number of benzene rings is 1. The monoisotopic (exact) mass is 231 g/mol. The first kappa shape index (κ1) is 12.0. The molecule has 0 unspecified atom stereocenters. The van der Waals surface area contributed by atoms with Gasteiger partial charge in [0, 0.05) is 10.7 Å². The summed E-state index contributed by atoms with van der Waals surface area (Å²) in [6.07, 6.45) is -2.95. The molecule has 0 atom stereocenters. The average Bonchev–Trinajstić information content (AvgIpc) is 2.16. The molecule has 0 radical (unpaired) electrons. The number of nitrogens with two attached hydrogens (primary N) is 2. The highest BCUT2D eigenvalue weighted by Crippen LogP contribution is 2.28. The molecule has 16 heavy (non-hydrogen) atoms. The van der Waals surface area contributed by atoms with Crippen molar-refractivity contribution in [2.24, 2.45) is 16.6 Å². The molecule has 7 heteroatoms. The van der Waals surface area contributed by atoms with Crippen molar-refractivity contribution in [3.63, 3.8) is 0 Å². The van der Waals surface area contributed by atoms with Crippen LogP contribution in [0.1, 0.15) is 11.1 Å². The molecule has 0 aliphatic heterocycles. The normalized spacial score (nSPS) is 11.7. The smallest absolute Gasteiger partial charge is 0.365 e. The summed E-state index contributed by atoms with van der Waals surface area (Å²) in [5.41, 5.74) is 9.89. The predicted octanol–water partition coefficient (Wildman–Crippen LogP) is -0.607. The van der Waals surface area contributed by atoms with Crippen LogP contribution in [-0.2, 0) is 6.18 Å². The second kappa shape index (κ2) is 4.65. The van der Waals surface area contributed by atoms with E-state index in [-0.39, 0.29) is 5.96 Å². The van der Waals surface area contributed by atoms with Gasteiger partial charge in [0.1, 0.15) is 0 Å². The number of nitrogens with one attached hydrogen (secondary N) is 1. The van der Waals surface area contributed by atoms with Gasteiger partial charge < -0.3 is 11.5 Å². The van der Waals surface area contributed by atoms with Gasteiger partial charge in [-0.25, -0.2) is 0 Å². The van der Waals surface area contributed by atoms with E-state index in [1.165, 1.54) is 18.3 Å². The first-order valence-corrected chi connectivity index (χ1v) is 4.24. The van der Waals surface area contributed by atoms with Crippen LogP contribution in [0.25, 0.3) is 0 Å². The fourth-order valence-corrected chi connectivity index (χ4v) is 0.950. The van der Waals surface area contributed by atoms with Crippen LogP contribution < -0.4 is 16.6 Å². The van der Waals surface area contributed by atoms with E-state index in [1.54, 1.807) is 0 Å². The molecule has 1 aromatic rings. The quantitative estimate of drug-likeness (QED) is 0.361. The molecule has 5 N–H and O–H groups in total. The summed E-state index contributed by atoms with van der Waals surface area (Å²) in [5.74, 6) is -0.164. The first-order valence-electron chi connectivity index (χ1n) is 4.24. The van der Waals surface area contributed by atoms with Gasteiger partial charge in [0.15, 0.2) is 0 Å². The van der Waals surface area contributed by atoms with E-state index < -0.39 is 11.7 Å². The topological polar surface area (TPSA) is 78.4 Å². The highest BCUT2D eigenvalue weighted by Gasteiger charge is 2.29. The van der Waals surface area contributed by atoms with Crippen LogP contribution in [-0.4, -0.2) is 12.2 Å². The van der Waals surface area contributed by atoms with Crippen LogP contribution >= 0.6 is 0 Å². The van der Waals surface area contributed by atoms with E-state index in [0.717, 1.165) is 12.1 Å². The number of guanidine groups is 1. The summed E-state index contributed by atoms with van der Waals surface area (Å²) < 4.78 is 36.6. The summed E-state index contributed by atoms with van der Waals surface area (Å²) in [6.45, 7) is 0. The third-order valence-corrected chi connectivity index (χ3v) is 1.66. The fourth-order valence-electron chi connectivity index (χ4n) is 0.950. The van der Waals surface area contributed by atoms with Crippen molar-refractivity contribution in [3.8, 4) is 0 Å². The van der Waals surface area contributed by atoms with Gasteiger partial charge in [0.2, 0.25) is 6.21 Å². The van der Waals surface area contributed by atoms with Crippen molar-refractivity contribution in [2.75, 3.05) is 0 Å². The summed E-state index contributed by atoms with van der Waals surface area (Å²) >= 11 is 0. The Kier molecular flexibility index (Phi) is 3.49. The van der Waals surface area contributed by atoms with Crippen molar-refractivity contribution in [3.05, 3.63) is 35.4 Å². The first-order chi connectivity index (χ1) is 7.39. The molecule has 0 amide bonds. The van der Waals surface area contributed by atoms with Crippen LogP contribution in [0.15, 0.2) is 29.4 Å². The van der Waals surface area contributed by atoms with E-state index >= 15 is 0 Å². The van der Waals surface area contributed by atoms with Crippen molar-refractivity contribution in [2.45, 2.75) is 6.18 Å². The minimum Gasteiger partial charge on any atom is -0.365 e. The number of rotatable bonds is 2. The number of alkyl halides is 3. The Hall–Kier alpha value is -2.05. The number of hydrogen-bond acceptors (Lipinski definition) is 1. The van der Waals surface area contributed by atoms with Crippen molar-refractivity contribution in [1.29, 1.82) is 0 Å². The van der Waals surface area contributed by atoms with E-state index in [9.17, 15) is 13.2 Å². The number of halogens is 3. The van der Waals surface area contributed by atoms with Crippen LogP contribution in [0, 0.1) is 0 Å². The summed E-state index contributed by atoms with van der Waals surface area (Å²) in [4.78, 5) is 0. The zero-order valence-electron chi connectivity index (χ0n) is 8.12. The van der Waals surface area contributed by atoms with Gasteiger partial charge in [0.05, 0.1) is 5.56 Å². The third-order valence-electron chi connectivity index (χ3n) is 1.66. The van der Waals surface area contributed by atoms with Gasteiger partial charge >= 0.3 is 6.18 Å². The van der Waals surface area contributed by atoms with Crippen LogP contribution in [0.3, 0.4) is 0 Å². The van der Waals surface area contributed by atoms with Gasteiger partial charge in [-0.1, -0.05) is 0 Å². The summed E-state index contributed by atoms with van der Waals surface area (Å²) in [7, 11) is 0. The van der Waals surface area contributed by atoms with Crippen LogP contribution in [0.5, 0.6) is 0 Å². The highest BCUT2D eigenvalue weighted by atomic mass is 19.4. The molecule has 0 aliphatic rings. The van der Waals surface area contributed by atoms with E-state index in [2.05, 4.69) is 10.2 Å². The molecule has 0 aliphatic carbocycles. The zero-order valence-corrected chi connectivity index (χ0v) is 8.12. The molecule has 0 heterocycles. The maximum absolute atomic E-state index is 12.2. The molecule has 0 saturated heterocycles. The number of hydrazone groups is 1. The average molecular weight is 231 g/mol. The second-order valence-electron chi connectivity index (χ2n) is 2.93. The Morgan fingerprint density at radius 1 is 1.19 bits per heavy atom. The lowest BCUT2D eigenvalue weighted by Crippen LogP contribution is -2.63. The molecule has 86 valence electrons. The number of nitrogens with zero attached hydrogens (tertiary/aromatic N) is 1. The van der Waals surface area contributed by atoms with Crippen molar-refractivity contribution >= 4 is 12.2 Å². The minimum absolute atomic E-state index is 0.164. The molecule has 0 spiro atoms. The largest absolute Gasteiger partial charge is 0.416 e. The zero-order chi connectivity index (χ0) is 12.2. The van der Waals surface area contributed by atoms with E-state index in [4.69, 9.17) is 11.5 Å². The van der Waals surface area contributed by atoms with E-state index in [0.29, 0.717) is 5.56 Å². The molecular weight excluding hydrogens is 221 g/mol. The predicted molar refractivity (Wildman–Crippen MR) is 53.4 cm³/mol. The molecule has 0 saturated carbocycles. The molecule has 1 aromatic carbocycles. The van der Waals surface area contributed by atoms with E-state index in [1.807, 2.05) is 0 Å². The molecule has 0 bridgehead atoms. The SMILES string of the molecule is NC(N)=N/[NH+]=C/c1ccc(C(F)(F)F)cc1. The fraction of sp³-hybridized carbons (Fsp3) is 0.111. The van der Waals surface area contributed by atoms with Crippen molar-refractivity contribution < 1.29 is 18.3 Å². The molecule has 4 nitrogen and oxygen atoms in total. The lowest BCUT2D eigenvalue weighted by atomic mass is 10.1. The standard InChI is InChI=1S/C9H9F3N4/c10-9(11,12)7-3-1-6(2-4-7)5-15-16-8(13)14/h1-5H,(H4,13,14,16)/p+1/b15-5+. The Labute approximate surface area is 89.5 Å². The third kappa shape index (κ3) is 3.60. The van der Waals surface area contributed by atoms with Crippen LogP contribution in [0.4, 0.5) is 13.2 Å². The highest BCUT2D eigenvalue weighted by molar-refractivity contribution is 5.77. The Bertz CT molecular complexity index is 402. The molecule has 0 fully saturated rings. The molecule has 1 rings (SSSR count). The maximum atomic E-state index is 12.2. The van der Waals surface area contributed by atoms with Gasteiger partial charge in [-0.2, -0.15) is 13.2 Å². The van der Waals surface area contributed by atoms with Gasteiger partial charge in [-0.15, -0.1) is 5.10 Å². The van der Waals surface area contributed by atoms with Gasteiger partial charge in [0.25, 0.3) is 5.96 Å². The van der Waals surface area contributed by atoms with Crippen LogP contribution in [0.2, 0.25) is 0 Å². The lowest BCUT2D eigenvalue weighted by molar-refractivity contribution is -0.456. The van der Waals surface area contributed by atoms with Gasteiger partial charge in [-0.3, -0.25) is 0 Å². The van der Waals surface area contributed by atoms with Gasteiger partial charge in [-0.05, 0) is 24.3 Å². The summed E-state index contributed by atoms with van der Waals surface area (Å²) in [6, 6.07) is 4.56. The maximum Gasteiger partial charge on any atom is 0.416 e. The number of hydrogen-bond donors (Lipinski definition) is 3. The second-order valence-corrected chi connectivity index (χ2v) is 2.93. The molecular formula is C9H10F3N4+. The molecule has 0 aromatic heterocycles. The van der Waals surface area contributed by atoms with Crippen molar-refractivity contribution in [1.82, 2.24) is 0 Å². The lowest BCUT2D eigenvalue weighted by Gasteiger charge is -2.04.